The second kappa shape index (κ2) is 8.49. The molecule has 3 nitrogen and oxygen atoms in total. The Balaban J connectivity index is 0.00000242. The van der Waals surface area contributed by atoms with E-state index in [4.69, 9.17) is 4.74 Å². The van der Waals surface area contributed by atoms with Crippen molar-refractivity contribution in [3.63, 3.8) is 0 Å². The Kier molecular flexibility index (Phi) is 7.30. The van der Waals surface area contributed by atoms with Crippen LogP contribution in [-0.4, -0.2) is 36.7 Å². The molecule has 122 valence electrons. The van der Waals surface area contributed by atoms with Crippen molar-refractivity contribution in [3.8, 4) is 0 Å². The number of carbonyl (C=O) groups excluding carboxylic acids is 1. The third-order valence-corrected chi connectivity index (χ3v) is 4.42. The number of esters is 1. The van der Waals surface area contributed by atoms with E-state index in [2.05, 4.69) is 44.2 Å². The average Bonchev–Trinajstić information content (AvgIpc) is 2.89. The molecular formula is C18H26BrNO2. The van der Waals surface area contributed by atoms with Crippen LogP contribution in [0.15, 0.2) is 42.0 Å². The average molecular weight is 368 g/mol. The van der Waals surface area contributed by atoms with Gasteiger partial charge in [0.25, 0.3) is 0 Å². The van der Waals surface area contributed by atoms with Crippen LogP contribution in [0.25, 0.3) is 0 Å². The van der Waals surface area contributed by atoms with Crippen molar-refractivity contribution in [1.82, 2.24) is 0 Å². The molecule has 1 fully saturated rings. The fourth-order valence-corrected chi connectivity index (χ4v) is 3.29. The quantitative estimate of drug-likeness (QED) is 0.425. The molecule has 0 amide bonds. The van der Waals surface area contributed by atoms with E-state index in [1.165, 1.54) is 18.2 Å². The topological polar surface area (TPSA) is 26.3 Å². The van der Waals surface area contributed by atoms with Gasteiger partial charge in [0.05, 0.1) is 20.2 Å². The highest BCUT2D eigenvalue weighted by molar-refractivity contribution is 5.74. The molecule has 0 unspecified atom stereocenters. The van der Waals surface area contributed by atoms with Crippen molar-refractivity contribution >= 4 is 5.97 Å². The number of quaternary nitrogens is 1. The third kappa shape index (κ3) is 4.43. The maximum Gasteiger partial charge on any atom is 0.364 e. The molecule has 1 aliphatic rings. The van der Waals surface area contributed by atoms with Gasteiger partial charge in [-0.15, -0.1) is 0 Å². The highest BCUT2D eigenvalue weighted by Gasteiger charge is 2.46. The van der Waals surface area contributed by atoms with E-state index in [1.807, 2.05) is 6.07 Å². The number of likely N-dealkylation sites (tertiary alicyclic amines) is 1. The van der Waals surface area contributed by atoms with Gasteiger partial charge in [0.15, 0.2) is 6.04 Å². The first-order chi connectivity index (χ1) is 10.1. The van der Waals surface area contributed by atoms with E-state index >= 15 is 0 Å². The fourth-order valence-electron chi connectivity index (χ4n) is 3.29. The Bertz CT molecular complexity index is 511. The van der Waals surface area contributed by atoms with Crippen molar-refractivity contribution < 1.29 is 31.0 Å². The largest absolute Gasteiger partial charge is 1.00 e. The van der Waals surface area contributed by atoms with Gasteiger partial charge in [-0.25, -0.2) is 4.79 Å². The molecule has 0 aromatic heterocycles. The van der Waals surface area contributed by atoms with Gasteiger partial charge in [-0.2, -0.15) is 0 Å². The van der Waals surface area contributed by atoms with Crippen LogP contribution in [0.2, 0.25) is 0 Å². The SMILES string of the molecule is COC(=O)[C@@H]1CCC[N@@+]1(CC=C(C)C)Cc1ccccc1.[Br-]. The molecule has 0 N–H and O–H groups in total. The zero-order valence-corrected chi connectivity index (χ0v) is 15.3. The zero-order valence-electron chi connectivity index (χ0n) is 13.7. The summed E-state index contributed by atoms with van der Waals surface area (Å²) in [5, 5.41) is 0. The molecule has 0 aliphatic carbocycles. The lowest BCUT2D eigenvalue weighted by atomic mass is 10.1. The number of allylic oxidation sites excluding steroid dienone is 1. The van der Waals surface area contributed by atoms with Crippen LogP contribution in [0.5, 0.6) is 0 Å². The highest BCUT2D eigenvalue weighted by atomic mass is 79.9. The highest BCUT2D eigenvalue weighted by Crippen LogP contribution is 2.31. The van der Waals surface area contributed by atoms with Gasteiger partial charge in [-0.05, 0) is 19.9 Å². The van der Waals surface area contributed by atoms with Gasteiger partial charge < -0.3 is 26.2 Å². The van der Waals surface area contributed by atoms with Crippen LogP contribution in [0.1, 0.15) is 32.3 Å². The van der Waals surface area contributed by atoms with Crippen LogP contribution in [0.3, 0.4) is 0 Å². The summed E-state index contributed by atoms with van der Waals surface area (Å²) in [5.74, 6) is -0.0643. The lowest BCUT2D eigenvalue weighted by Gasteiger charge is -2.38. The van der Waals surface area contributed by atoms with E-state index in [-0.39, 0.29) is 29.0 Å². The Morgan fingerprint density at radius 2 is 2.00 bits per heavy atom. The van der Waals surface area contributed by atoms with Crippen LogP contribution in [0.4, 0.5) is 0 Å². The summed E-state index contributed by atoms with van der Waals surface area (Å²) in [5.41, 5.74) is 2.59. The molecule has 1 saturated heterocycles. The molecule has 1 aromatic carbocycles. The molecule has 4 heteroatoms. The van der Waals surface area contributed by atoms with Crippen molar-refractivity contribution in [1.29, 1.82) is 0 Å². The summed E-state index contributed by atoms with van der Waals surface area (Å²) in [6, 6.07) is 10.4. The van der Waals surface area contributed by atoms with E-state index < -0.39 is 0 Å². The van der Waals surface area contributed by atoms with E-state index in [0.717, 1.165) is 37.0 Å². The maximum atomic E-state index is 12.2. The van der Waals surface area contributed by atoms with Crippen molar-refractivity contribution in [2.45, 2.75) is 39.3 Å². The van der Waals surface area contributed by atoms with E-state index in [9.17, 15) is 4.79 Å². The van der Waals surface area contributed by atoms with Gasteiger partial charge in [0, 0.05) is 18.4 Å². The van der Waals surface area contributed by atoms with Crippen molar-refractivity contribution in [2.75, 3.05) is 20.2 Å². The first kappa shape index (κ1) is 18.9. The molecule has 2 atom stereocenters. The molecule has 0 spiro atoms. The van der Waals surface area contributed by atoms with Gasteiger partial charge in [-0.3, -0.25) is 0 Å². The number of ether oxygens (including phenoxy) is 1. The molecular weight excluding hydrogens is 342 g/mol. The minimum Gasteiger partial charge on any atom is -1.00 e. The van der Waals surface area contributed by atoms with Crippen LogP contribution in [0, 0.1) is 0 Å². The smallest absolute Gasteiger partial charge is 0.364 e. The Hall–Kier alpha value is -1.13. The molecule has 22 heavy (non-hydrogen) atoms. The first-order valence-corrected chi connectivity index (χ1v) is 7.68. The van der Waals surface area contributed by atoms with Gasteiger partial charge in [-0.1, -0.05) is 35.9 Å². The van der Waals surface area contributed by atoms with Crippen LogP contribution in [-0.2, 0) is 16.1 Å². The second-order valence-corrected chi connectivity index (χ2v) is 6.23. The molecule has 0 saturated carbocycles. The number of nitrogens with zero attached hydrogens (tertiary/aromatic N) is 1. The first-order valence-electron chi connectivity index (χ1n) is 7.68. The van der Waals surface area contributed by atoms with Crippen molar-refractivity contribution in [2.24, 2.45) is 0 Å². The summed E-state index contributed by atoms with van der Waals surface area (Å²) in [6.07, 6.45) is 4.27. The number of halogens is 1. The van der Waals surface area contributed by atoms with E-state index in [0.29, 0.717) is 0 Å². The third-order valence-electron chi connectivity index (χ3n) is 4.42. The predicted octanol–water partition coefficient (Wildman–Crippen LogP) is 0.309. The second-order valence-electron chi connectivity index (χ2n) is 6.23. The van der Waals surface area contributed by atoms with Crippen LogP contribution < -0.4 is 17.0 Å². The maximum absolute atomic E-state index is 12.2. The molecule has 0 radical (unpaired) electrons. The van der Waals surface area contributed by atoms with Gasteiger partial charge in [0.1, 0.15) is 6.54 Å². The number of hydrogen-bond donors (Lipinski definition) is 0. The zero-order chi connectivity index (χ0) is 15.3. The van der Waals surface area contributed by atoms with Crippen LogP contribution >= 0.6 is 0 Å². The summed E-state index contributed by atoms with van der Waals surface area (Å²) in [4.78, 5) is 12.2. The lowest BCUT2D eigenvalue weighted by Crippen LogP contribution is -3.00. The molecule has 1 aliphatic heterocycles. The van der Waals surface area contributed by atoms with Crippen molar-refractivity contribution in [3.05, 3.63) is 47.5 Å². The molecule has 1 heterocycles. The summed E-state index contributed by atoms with van der Waals surface area (Å²) < 4.78 is 5.85. The molecule has 1 aromatic rings. The monoisotopic (exact) mass is 367 g/mol. The Morgan fingerprint density at radius 3 is 2.59 bits per heavy atom. The number of hydrogen-bond acceptors (Lipinski definition) is 2. The van der Waals surface area contributed by atoms with Gasteiger partial charge in [0.2, 0.25) is 0 Å². The standard InChI is InChI=1S/C18H26NO2.BrH/c1-15(2)11-13-19(14-16-8-5-4-6-9-16)12-7-10-17(19)18(20)21-3;/h4-6,8-9,11,17H,7,10,12-14H2,1-3H3;1H/q+1;/p-1/t17-,19+;/m0./s1. The number of carbonyl (C=O) groups is 1. The summed E-state index contributed by atoms with van der Waals surface area (Å²) in [7, 11) is 1.50. The Labute approximate surface area is 144 Å². The normalized spacial score (nSPS) is 23.5. The fraction of sp³-hybridized carbons (Fsp3) is 0.500. The predicted molar refractivity (Wildman–Crippen MR) is 84.6 cm³/mol. The van der Waals surface area contributed by atoms with Gasteiger partial charge >= 0.3 is 5.97 Å². The lowest BCUT2D eigenvalue weighted by molar-refractivity contribution is -0.939. The summed E-state index contributed by atoms with van der Waals surface area (Å²) >= 11 is 0. The number of methoxy groups -OCH3 is 1. The Morgan fingerprint density at radius 1 is 1.32 bits per heavy atom. The van der Waals surface area contributed by atoms with E-state index in [1.54, 1.807) is 0 Å². The number of rotatable bonds is 5. The number of benzene rings is 1. The summed E-state index contributed by atoms with van der Waals surface area (Å²) in [6.45, 7) is 7.06. The molecule has 0 bridgehead atoms. The minimum atomic E-state index is -0.0643. The molecule has 2 rings (SSSR count). The minimum absolute atomic E-state index is 0.